The van der Waals surface area contributed by atoms with Crippen molar-refractivity contribution in [1.82, 2.24) is 10.0 Å². The molecule has 0 unspecified atom stereocenters. The lowest BCUT2D eigenvalue weighted by atomic mass is 10.1. The van der Waals surface area contributed by atoms with Gasteiger partial charge in [-0.25, -0.2) is 8.42 Å². The quantitative estimate of drug-likeness (QED) is 0.817. The Kier molecular flexibility index (Phi) is 5.99. The molecule has 2 rings (SSSR count). The summed E-state index contributed by atoms with van der Waals surface area (Å²) in [6.45, 7) is -0.0764. The van der Waals surface area contributed by atoms with Gasteiger partial charge in [0.25, 0.3) is 5.91 Å². The van der Waals surface area contributed by atoms with Crippen molar-refractivity contribution in [2.75, 3.05) is 13.6 Å². The summed E-state index contributed by atoms with van der Waals surface area (Å²) in [5.74, 6) is 5.27. The molecule has 0 aliphatic rings. The molecule has 0 atom stereocenters. The van der Waals surface area contributed by atoms with E-state index in [1.807, 2.05) is 0 Å². The van der Waals surface area contributed by atoms with Crippen LogP contribution in [0.2, 0.25) is 5.02 Å². The van der Waals surface area contributed by atoms with Crippen LogP contribution in [0.1, 0.15) is 15.9 Å². The second kappa shape index (κ2) is 7.97. The third-order valence-corrected chi connectivity index (χ3v) is 4.77. The monoisotopic (exact) mass is 362 g/mol. The second-order valence-electron chi connectivity index (χ2n) is 4.70. The molecule has 7 heteroatoms. The molecule has 124 valence electrons. The number of hydrogen-bond donors (Lipinski definition) is 2. The molecular weight excluding hydrogens is 348 g/mol. The van der Waals surface area contributed by atoms with E-state index in [2.05, 4.69) is 21.9 Å². The average Bonchev–Trinajstić information content (AvgIpc) is 2.59. The van der Waals surface area contributed by atoms with Crippen LogP contribution in [0.15, 0.2) is 53.4 Å². The highest BCUT2D eigenvalue weighted by atomic mass is 35.5. The first-order valence-corrected chi connectivity index (χ1v) is 8.85. The second-order valence-corrected chi connectivity index (χ2v) is 6.91. The van der Waals surface area contributed by atoms with Gasteiger partial charge in [-0.2, -0.15) is 4.72 Å². The highest BCUT2D eigenvalue weighted by molar-refractivity contribution is 7.89. The van der Waals surface area contributed by atoms with Gasteiger partial charge in [0.05, 0.1) is 17.0 Å². The predicted molar refractivity (Wildman–Crippen MR) is 93.4 cm³/mol. The Morgan fingerprint density at radius 2 is 1.79 bits per heavy atom. The van der Waals surface area contributed by atoms with Gasteiger partial charge in [-0.1, -0.05) is 35.6 Å². The molecule has 0 bridgehead atoms. The van der Waals surface area contributed by atoms with E-state index in [9.17, 15) is 13.2 Å². The van der Waals surface area contributed by atoms with Crippen LogP contribution in [0, 0.1) is 11.8 Å². The van der Waals surface area contributed by atoms with Gasteiger partial charge in [0, 0.05) is 17.6 Å². The van der Waals surface area contributed by atoms with E-state index in [-0.39, 0.29) is 17.3 Å². The summed E-state index contributed by atoms with van der Waals surface area (Å²) < 4.78 is 26.6. The lowest BCUT2D eigenvalue weighted by Gasteiger charge is -2.04. The zero-order valence-electron chi connectivity index (χ0n) is 12.8. The van der Waals surface area contributed by atoms with Gasteiger partial charge in [0.1, 0.15) is 0 Å². The number of amides is 1. The van der Waals surface area contributed by atoms with Crippen molar-refractivity contribution in [2.24, 2.45) is 0 Å². The molecule has 2 N–H and O–H groups in total. The number of rotatable bonds is 4. The van der Waals surface area contributed by atoms with Crippen LogP contribution in [-0.4, -0.2) is 27.9 Å². The smallest absolute Gasteiger partial charge is 0.252 e. The van der Waals surface area contributed by atoms with Gasteiger partial charge in [0.2, 0.25) is 10.0 Å². The molecule has 0 spiro atoms. The number of halogens is 1. The number of benzene rings is 2. The zero-order chi connectivity index (χ0) is 17.6. The zero-order valence-corrected chi connectivity index (χ0v) is 14.4. The molecule has 0 saturated carbocycles. The predicted octanol–water partition coefficient (Wildman–Crippen LogP) is 2.03. The van der Waals surface area contributed by atoms with Gasteiger partial charge in [-0.05, 0) is 36.4 Å². The van der Waals surface area contributed by atoms with Crippen molar-refractivity contribution >= 4 is 27.5 Å². The van der Waals surface area contributed by atoms with Crippen molar-refractivity contribution in [3.63, 3.8) is 0 Å². The van der Waals surface area contributed by atoms with Crippen LogP contribution in [0.5, 0.6) is 0 Å². The minimum absolute atomic E-state index is 0.0764. The minimum Gasteiger partial charge on any atom is -0.355 e. The first-order chi connectivity index (χ1) is 11.4. The normalized spacial score (nSPS) is 10.6. The molecule has 0 radical (unpaired) electrons. The molecule has 0 aromatic heterocycles. The van der Waals surface area contributed by atoms with Crippen LogP contribution >= 0.6 is 11.6 Å². The van der Waals surface area contributed by atoms with Crippen molar-refractivity contribution in [3.8, 4) is 11.8 Å². The number of carbonyl (C=O) groups is 1. The van der Waals surface area contributed by atoms with Crippen LogP contribution in [0.4, 0.5) is 0 Å². The van der Waals surface area contributed by atoms with E-state index in [1.54, 1.807) is 24.3 Å². The van der Waals surface area contributed by atoms with Gasteiger partial charge in [0.15, 0.2) is 0 Å². The van der Waals surface area contributed by atoms with E-state index in [1.165, 1.54) is 31.3 Å². The summed E-state index contributed by atoms with van der Waals surface area (Å²) in [6.07, 6.45) is 0. The fourth-order valence-corrected chi connectivity index (χ4v) is 2.94. The van der Waals surface area contributed by atoms with Crippen LogP contribution in [0.25, 0.3) is 0 Å². The molecule has 0 fully saturated rings. The number of hydrogen-bond acceptors (Lipinski definition) is 3. The Balaban J connectivity index is 2.09. The van der Waals surface area contributed by atoms with Gasteiger partial charge in [-0.3, -0.25) is 4.79 Å². The van der Waals surface area contributed by atoms with E-state index < -0.39 is 10.0 Å². The first-order valence-electron chi connectivity index (χ1n) is 6.99. The molecular formula is C17H15ClN2O3S. The standard InChI is InChI=1S/C17H15ClN2O3S/c1-19-17(21)16-7-3-2-5-13(16)6-4-12-20-24(22,23)15-10-8-14(18)9-11-15/h2-3,5,7-11,20H,12H2,1H3,(H,19,21). The van der Waals surface area contributed by atoms with Crippen LogP contribution in [0.3, 0.4) is 0 Å². The van der Waals surface area contributed by atoms with E-state index in [0.29, 0.717) is 16.1 Å². The minimum atomic E-state index is -3.65. The lowest BCUT2D eigenvalue weighted by molar-refractivity contribution is 0.0963. The summed E-state index contributed by atoms with van der Waals surface area (Å²) in [6, 6.07) is 12.7. The van der Waals surface area contributed by atoms with Crippen LogP contribution < -0.4 is 10.0 Å². The third kappa shape index (κ3) is 4.59. The van der Waals surface area contributed by atoms with Crippen molar-refractivity contribution in [2.45, 2.75) is 4.90 Å². The number of sulfonamides is 1. The Morgan fingerprint density at radius 3 is 2.46 bits per heavy atom. The molecule has 0 heterocycles. The Labute approximate surface area is 146 Å². The maximum atomic E-state index is 12.1. The molecule has 2 aromatic carbocycles. The largest absolute Gasteiger partial charge is 0.355 e. The highest BCUT2D eigenvalue weighted by Crippen LogP contribution is 2.13. The Hall–Kier alpha value is -2.33. The summed E-state index contributed by atoms with van der Waals surface area (Å²) in [7, 11) is -2.12. The van der Waals surface area contributed by atoms with Gasteiger partial charge in [-0.15, -0.1) is 0 Å². The maximum absolute atomic E-state index is 12.1. The third-order valence-electron chi connectivity index (χ3n) is 3.10. The maximum Gasteiger partial charge on any atom is 0.252 e. The fourth-order valence-electron chi connectivity index (χ4n) is 1.89. The van der Waals surface area contributed by atoms with E-state index in [0.717, 1.165) is 0 Å². The van der Waals surface area contributed by atoms with E-state index in [4.69, 9.17) is 11.6 Å². The Bertz CT molecular complexity index is 897. The average molecular weight is 363 g/mol. The molecule has 0 aliphatic heterocycles. The molecule has 5 nitrogen and oxygen atoms in total. The van der Waals surface area contributed by atoms with Crippen molar-refractivity contribution in [3.05, 3.63) is 64.7 Å². The summed E-state index contributed by atoms with van der Waals surface area (Å²) in [5, 5.41) is 2.99. The number of carbonyl (C=O) groups excluding carboxylic acids is 1. The van der Waals surface area contributed by atoms with Crippen LogP contribution in [-0.2, 0) is 10.0 Å². The highest BCUT2D eigenvalue weighted by Gasteiger charge is 2.12. The summed E-state index contributed by atoms with van der Waals surface area (Å²) >= 11 is 5.74. The summed E-state index contributed by atoms with van der Waals surface area (Å²) in [5.41, 5.74) is 0.968. The molecule has 24 heavy (non-hydrogen) atoms. The van der Waals surface area contributed by atoms with Gasteiger partial charge >= 0.3 is 0 Å². The first kappa shape index (κ1) is 18.0. The molecule has 1 amide bonds. The molecule has 0 saturated heterocycles. The van der Waals surface area contributed by atoms with Gasteiger partial charge < -0.3 is 5.32 Å². The summed E-state index contributed by atoms with van der Waals surface area (Å²) in [4.78, 5) is 11.8. The lowest BCUT2D eigenvalue weighted by Crippen LogP contribution is -2.24. The SMILES string of the molecule is CNC(=O)c1ccccc1C#CCNS(=O)(=O)c1ccc(Cl)cc1. The topological polar surface area (TPSA) is 75.3 Å². The number of nitrogens with one attached hydrogen (secondary N) is 2. The van der Waals surface area contributed by atoms with Crippen molar-refractivity contribution in [1.29, 1.82) is 0 Å². The molecule has 2 aromatic rings. The van der Waals surface area contributed by atoms with E-state index >= 15 is 0 Å². The molecule has 0 aliphatic carbocycles. The Morgan fingerprint density at radius 1 is 1.12 bits per heavy atom. The van der Waals surface area contributed by atoms with Crippen molar-refractivity contribution < 1.29 is 13.2 Å². The fraction of sp³-hybridized carbons (Fsp3) is 0.118.